The zero-order valence-electron chi connectivity index (χ0n) is 15.3. The van der Waals surface area contributed by atoms with E-state index < -0.39 is 10.0 Å². The third kappa shape index (κ3) is 4.69. The van der Waals surface area contributed by atoms with Crippen LogP contribution in [0.3, 0.4) is 0 Å². The molecule has 1 heterocycles. The standard InChI is InChI=1S/C18H26N4O3S/c1-13(19-2)11-17-21-18(25-22-17)9-10-20-26(23,24)16-8-7-14-5-3-4-6-15(14)12-16/h7-8,12-13,19-20H,3-6,9-11H2,1-2H3. The van der Waals surface area contributed by atoms with E-state index in [0.717, 1.165) is 24.8 Å². The van der Waals surface area contributed by atoms with E-state index in [9.17, 15) is 8.42 Å². The maximum absolute atomic E-state index is 12.5. The minimum absolute atomic E-state index is 0.225. The first-order valence-corrected chi connectivity index (χ1v) is 10.6. The predicted molar refractivity (Wildman–Crippen MR) is 98.5 cm³/mol. The number of sulfonamides is 1. The van der Waals surface area contributed by atoms with Crippen molar-refractivity contribution < 1.29 is 12.9 Å². The highest BCUT2D eigenvalue weighted by atomic mass is 32.2. The van der Waals surface area contributed by atoms with Gasteiger partial charge >= 0.3 is 0 Å². The molecule has 1 aromatic carbocycles. The highest BCUT2D eigenvalue weighted by Crippen LogP contribution is 2.24. The number of rotatable bonds is 8. The number of nitrogens with zero attached hydrogens (tertiary/aromatic N) is 2. The number of nitrogens with one attached hydrogen (secondary N) is 2. The van der Waals surface area contributed by atoms with Crippen molar-refractivity contribution in [1.82, 2.24) is 20.2 Å². The molecule has 1 aliphatic carbocycles. The van der Waals surface area contributed by atoms with Crippen LogP contribution in [0.2, 0.25) is 0 Å². The van der Waals surface area contributed by atoms with Crippen molar-refractivity contribution in [2.45, 2.75) is 56.4 Å². The van der Waals surface area contributed by atoms with Crippen LogP contribution in [0, 0.1) is 0 Å². The van der Waals surface area contributed by atoms with Crippen LogP contribution in [-0.4, -0.2) is 38.2 Å². The summed E-state index contributed by atoms with van der Waals surface area (Å²) in [5, 5.41) is 7.03. The summed E-state index contributed by atoms with van der Waals surface area (Å²) in [6.45, 7) is 2.26. The summed E-state index contributed by atoms with van der Waals surface area (Å²) in [7, 11) is -1.65. The van der Waals surface area contributed by atoms with Crippen molar-refractivity contribution in [2.75, 3.05) is 13.6 Å². The second kappa shape index (κ2) is 8.28. The van der Waals surface area contributed by atoms with Crippen LogP contribution in [0.15, 0.2) is 27.6 Å². The van der Waals surface area contributed by atoms with Gasteiger partial charge in [-0.1, -0.05) is 11.2 Å². The molecule has 8 heteroatoms. The molecular formula is C18H26N4O3S. The van der Waals surface area contributed by atoms with Crippen molar-refractivity contribution in [2.24, 2.45) is 0 Å². The van der Waals surface area contributed by atoms with Gasteiger partial charge in [0.05, 0.1) is 4.90 Å². The van der Waals surface area contributed by atoms with Gasteiger partial charge in [0.15, 0.2) is 5.82 Å². The van der Waals surface area contributed by atoms with Gasteiger partial charge in [-0.05, 0) is 62.9 Å². The zero-order chi connectivity index (χ0) is 18.6. The van der Waals surface area contributed by atoms with Gasteiger partial charge in [-0.15, -0.1) is 0 Å². The Morgan fingerprint density at radius 3 is 2.77 bits per heavy atom. The van der Waals surface area contributed by atoms with Crippen molar-refractivity contribution in [1.29, 1.82) is 0 Å². The van der Waals surface area contributed by atoms with Gasteiger partial charge in [-0.3, -0.25) is 0 Å². The van der Waals surface area contributed by atoms with Gasteiger partial charge < -0.3 is 9.84 Å². The molecule has 1 aliphatic rings. The Bertz CT molecular complexity index is 848. The lowest BCUT2D eigenvalue weighted by Crippen LogP contribution is -2.26. The average Bonchev–Trinajstić information content (AvgIpc) is 3.08. The second-order valence-corrected chi connectivity index (χ2v) is 8.55. The van der Waals surface area contributed by atoms with E-state index in [0.29, 0.717) is 29.5 Å². The van der Waals surface area contributed by atoms with E-state index in [4.69, 9.17) is 4.52 Å². The van der Waals surface area contributed by atoms with Crippen molar-refractivity contribution in [3.8, 4) is 0 Å². The third-order valence-electron chi connectivity index (χ3n) is 4.75. The Labute approximate surface area is 154 Å². The lowest BCUT2D eigenvalue weighted by molar-refractivity contribution is 0.371. The van der Waals surface area contributed by atoms with Gasteiger partial charge in [0.2, 0.25) is 15.9 Å². The molecule has 0 bridgehead atoms. The number of aromatic nitrogens is 2. The molecule has 0 aliphatic heterocycles. The zero-order valence-corrected chi connectivity index (χ0v) is 16.1. The minimum Gasteiger partial charge on any atom is -0.339 e. The Balaban J connectivity index is 1.57. The van der Waals surface area contributed by atoms with Crippen LogP contribution in [0.25, 0.3) is 0 Å². The molecule has 3 rings (SSSR count). The fourth-order valence-corrected chi connectivity index (χ4v) is 4.19. The molecule has 2 N–H and O–H groups in total. The molecule has 0 saturated carbocycles. The number of hydrogen-bond donors (Lipinski definition) is 2. The van der Waals surface area contributed by atoms with Crippen LogP contribution in [0.4, 0.5) is 0 Å². The van der Waals surface area contributed by atoms with E-state index in [1.54, 1.807) is 12.1 Å². The van der Waals surface area contributed by atoms with Gasteiger partial charge in [-0.2, -0.15) is 4.98 Å². The molecule has 0 saturated heterocycles. The molecule has 1 atom stereocenters. The quantitative estimate of drug-likeness (QED) is 0.724. The molecule has 0 amide bonds. The largest absolute Gasteiger partial charge is 0.339 e. The van der Waals surface area contributed by atoms with E-state index in [1.807, 2.05) is 20.0 Å². The van der Waals surface area contributed by atoms with Gasteiger partial charge in [-0.25, -0.2) is 13.1 Å². The van der Waals surface area contributed by atoms with Crippen LogP contribution in [-0.2, 0) is 35.7 Å². The Kier molecular flexibility index (Phi) is 6.05. The maximum Gasteiger partial charge on any atom is 0.240 e. The minimum atomic E-state index is -3.53. The molecule has 1 unspecified atom stereocenters. The van der Waals surface area contributed by atoms with Crippen LogP contribution < -0.4 is 10.0 Å². The monoisotopic (exact) mass is 378 g/mol. The Hall–Kier alpha value is -1.77. The van der Waals surface area contributed by atoms with Crippen molar-refractivity contribution >= 4 is 10.0 Å². The summed E-state index contributed by atoms with van der Waals surface area (Å²) in [4.78, 5) is 4.62. The molecule has 142 valence electrons. The van der Waals surface area contributed by atoms with Crippen LogP contribution in [0.5, 0.6) is 0 Å². The summed E-state index contributed by atoms with van der Waals surface area (Å²) in [5.74, 6) is 1.07. The number of aryl methyl sites for hydroxylation is 2. The molecule has 2 aromatic rings. The van der Waals surface area contributed by atoms with E-state index in [1.165, 1.54) is 12.0 Å². The second-order valence-electron chi connectivity index (χ2n) is 6.78. The Morgan fingerprint density at radius 2 is 2.00 bits per heavy atom. The average molecular weight is 378 g/mol. The highest BCUT2D eigenvalue weighted by molar-refractivity contribution is 7.89. The first kappa shape index (κ1) is 19.0. The van der Waals surface area contributed by atoms with Gasteiger partial charge in [0.1, 0.15) is 0 Å². The SMILES string of the molecule is CNC(C)Cc1noc(CCNS(=O)(=O)c2ccc3c(c2)CCCC3)n1. The smallest absolute Gasteiger partial charge is 0.240 e. The van der Waals surface area contributed by atoms with E-state index in [2.05, 4.69) is 20.2 Å². The molecule has 7 nitrogen and oxygen atoms in total. The molecular weight excluding hydrogens is 352 g/mol. The summed E-state index contributed by atoms with van der Waals surface area (Å²) >= 11 is 0. The number of likely N-dealkylation sites (N-methyl/N-ethyl adjacent to an activating group) is 1. The summed E-state index contributed by atoms with van der Waals surface area (Å²) < 4.78 is 32.8. The molecule has 26 heavy (non-hydrogen) atoms. The number of fused-ring (bicyclic) bond motifs is 1. The summed E-state index contributed by atoms with van der Waals surface area (Å²) in [5.41, 5.74) is 2.42. The molecule has 0 spiro atoms. The topological polar surface area (TPSA) is 97.1 Å². The van der Waals surface area contributed by atoms with Crippen LogP contribution >= 0.6 is 0 Å². The fourth-order valence-electron chi connectivity index (χ4n) is 3.10. The van der Waals surface area contributed by atoms with Crippen LogP contribution in [0.1, 0.15) is 42.6 Å². The summed E-state index contributed by atoms with van der Waals surface area (Å²) in [6.07, 6.45) is 5.32. The number of benzene rings is 1. The normalized spacial score (nSPS) is 15.6. The first-order chi connectivity index (χ1) is 12.5. The number of hydrogen-bond acceptors (Lipinski definition) is 6. The fraction of sp³-hybridized carbons (Fsp3) is 0.556. The maximum atomic E-state index is 12.5. The van der Waals surface area contributed by atoms with Crippen molar-refractivity contribution in [3.05, 3.63) is 41.0 Å². The predicted octanol–water partition coefficient (Wildman–Crippen LogP) is 1.62. The molecule has 1 aromatic heterocycles. The van der Waals surface area contributed by atoms with Gasteiger partial charge in [0, 0.05) is 25.4 Å². The lowest BCUT2D eigenvalue weighted by Gasteiger charge is -2.16. The molecule has 0 radical (unpaired) electrons. The van der Waals surface area contributed by atoms with Gasteiger partial charge in [0.25, 0.3) is 0 Å². The molecule has 0 fully saturated rings. The summed E-state index contributed by atoms with van der Waals surface area (Å²) in [6, 6.07) is 5.69. The third-order valence-corrected chi connectivity index (χ3v) is 6.21. The highest BCUT2D eigenvalue weighted by Gasteiger charge is 2.18. The van der Waals surface area contributed by atoms with E-state index >= 15 is 0 Å². The van der Waals surface area contributed by atoms with Crippen molar-refractivity contribution in [3.63, 3.8) is 0 Å². The Morgan fingerprint density at radius 1 is 1.23 bits per heavy atom. The van der Waals surface area contributed by atoms with E-state index in [-0.39, 0.29) is 12.6 Å². The first-order valence-electron chi connectivity index (χ1n) is 9.08. The lowest BCUT2D eigenvalue weighted by atomic mass is 9.92.